The van der Waals surface area contributed by atoms with Crippen molar-refractivity contribution < 1.29 is 0 Å². The molecule has 0 aromatic carbocycles. The molecule has 1 atom stereocenters. The molecule has 0 fully saturated rings. The summed E-state index contributed by atoms with van der Waals surface area (Å²) in [5.41, 5.74) is 0. The van der Waals surface area contributed by atoms with Gasteiger partial charge in [0.05, 0.1) is 0 Å². The predicted molar refractivity (Wildman–Crippen MR) is 65.1 cm³/mol. The van der Waals surface area contributed by atoms with Crippen molar-refractivity contribution in [3.63, 3.8) is 0 Å². The van der Waals surface area contributed by atoms with Crippen LogP contribution in [0.1, 0.15) is 0 Å². The number of hydrogen-bond acceptors (Lipinski definition) is 0. The third-order valence-electron chi connectivity index (χ3n) is 0.252. The van der Waals surface area contributed by atoms with Gasteiger partial charge in [0.15, 0.2) is 0 Å². The van der Waals surface area contributed by atoms with Crippen molar-refractivity contribution in [1.82, 2.24) is 0 Å². The van der Waals surface area contributed by atoms with Gasteiger partial charge in [0.1, 0.15) is 0 Å². The van der Waals surface area contributed by atoms with Crippen molar-refractivity contribution in [2.45, 2.75) is 0 Å². The molecule has 0 amide bonds. The molecule has 0 heterocycles. The topological polar surface area (TPSA) is 0 Å². The normalized spacial score (nSPS) is 12.0. The third-order valence-corrected chi connectivity index (χ3v) is 20.4. The second kappa shape index (κ2) is 11.1. The van der Waals surface area contributed by atoms with Crippen LogP contribution in [0, 0.1) is 0 Å². The standard InChI is InChI=1S/H2P9/c1-3-5-7-9-8-6-4-2/h1H2/q+1. The van der Waals surface area contributed by atoms with Gasteiger partial charge in [-0.2, -0.15) is 0 Å². The van der Waals surface area contributed by atoms with E-state index in [0.29, 0.717) is 0 Å². The molecule has 0 saturated carbocycles. The molecule has 46 valence electrons. The maximum absolute atomic E-state index is 4.08. The Morgan fingerprint density at radius 1 is 1.11 bits per heavy atom. The van der Waals surface area contributed by atoms with Crippen LogP contribution in [-0.4, -0.2) is 0 Å². The third kappa shape index (κ3) is 11.1. The molecule has 0 radical (unpaired) electrons. The van der Waals surface area contributed by atoms with Crippen LogP contribution in [0.4, 0.5) is 0 Å². The van der Waals surface area contributed by atoms with Crippen LogP contribution in [0.25, 0.3) is 0 Å². The molecular weight excluding hydrogens is 279 g/mol. The van der Waals surface area contributed by atoms with Crippen LogP contribution in [0.3, 0.4) is 0 Å². The van der Waals surface area contributed by atoms with Gasteiger partial charge in [-0.15, -0.1) is 0 Å². The zero-order chi connectivity index (χ0) is 6.95. The molecule has 0 bridgehead atoms. The van der Waals surface area contributed by atoms with E-state index in [0.717, 1.165) is 0 Å². The molecule has 0 N–H and O–H groups in total. The van der Waals surface area contributed by atoms with E-state index < -0.39 is 0 Å². The minimum absolute atomic E-state index is 1.20. The summed E-state index contributed by atoms with van der Waals surface area (Å²) in [7, 11) is 16.8. The van der Waals surface area contributed by atoms with Crippen molar-refractivity contribution >= 4 is 70.0 Å². The van der Waals surface area contributed by atoms with Gasteiger partial charge in [0.2, 0.25) is 0 Å². The summed E-state index contributed by atoms with van der Waals surface area (Å²) >= 11 is 0. The summed E-state index contributed by atoms with van der Waals surface area (Å²) in [6.07, 6.45) is 0. The maximum atomic E-state index is 4.08. The van der Waals surface area contributed by atoms with Gasteiger partial charge in [0.25, 0.3) is 0 Å². The first-order valence-electron chi connectivity index (χ1n) is 1.66. The van der Waals surface area contributed by atoms with E-state index in [9.17, 15) is 0 Å². The first-order chi connectivity index (χ1) is 4.41. The first kappa shape index (κ1) is 12.1. The molecular formula is H2P9+. The van der Waals surface area contributed by atoms with E-state index in [1.807, 2.05) is 0 Å². The Kier molecular flexibility index (Phi) is 14.9. The Morgan fingerprint density at radius 3 is 2.33 bits per heavy atom. The minimum atomic E-state index is 1.20. The van der Waals surface area contributed by atoms with E-state index in [2.05, 4.69) is 17.3 Å². The van der Waals surface area contributed by atoms with Crippen LogP contribution >= 0.6 is 70.0 Å². The molecule has 0 aliphatic carbocycles. The zero-order valence-electron chi connectivity index (χ0n) is 4.16. The van der Waals surface area contributed by atoms with Crippen LogP contribution in [-0.2, 0) is 0 Å². The molecule has 0 aliphatic rings. The van der Waals surface area contributed by atoms with Gasteiger partial charge in [0, 0.05) is 0 Å². The van der Waals surface area contributed by atoms with Gasteiger partial charge >= 0.3 is 70.0 Å². The van der Waals surface area contributed by atoms with Crippen molar-refractivity contribution in [2.75, 3.05) is 0 Å². The molecule has 0 rings (SSSR count). The van der Waals surface area contributed by atoms with E-state index in [4.69, 9.17) is 0 Å². The average Bonchev–Trinajstić information content (AvgIpc) is 1.89. The number of hydrogen-bond donors (Lipinski definition) is 0. The predicted octanol–water partition coefficient (Wildman–Crippen LogP) is 7.22. The van der Waals surface area contributed by atoms with Crippen molar-refractivity contribution in [1.29, 1.82) is 0 Å². The van der Waals surface area contributed by atoms with Crippen molar-refractivity contribution in [2.24, 2.45) is 0 Å². The molecule has 9 heteroatoms. The fraction of sp³-hybridized carbons (Fsp3) is 0. The van der Waals surface area contributed by atoms with E-state index in [1.165, 1.54) is 52.7 Å². The average molecular weight is 281 g/mol. The Balaban J connectivity index is 3.50. The molecule has 9 heavy (non-hydrogen) atoms. The molecule has 0 nitrogen and oxygen atoms in total. The zero-order valence-corrected chi connectivity index (χ0v) is 12.5. The Labute approximate surface area is 70.0 Å². The van der Waals surface area contributed by atoms with Crippen LogP contribution in [0.5, 0.6) is 0 Å². The van der Waals surface area contributed by atoms with Gasteiger partial charge in [-0.05, 0) is 0 Å². The molecule has 0 saturated heterocycles. The second-order valence-electron chi connectivity index (χ2n) is 0.652. The van der Waals surface area contributed by atoms with Crippen molar-refractivity contribution in [3.05, 3.63) is 0 Å². The second-order valence-corrected chi connectivity index (χ2v) is 17.6. The fourth-order valence-electron chi connectivity index (χ4n) is 0.0946. The van der Waals surface area contributed by atoms with Gasteiger partial charge < -0.3 is 0 Å². The summed E-state index contributed by atoms with van der Waals surface area (Å²) in [6, 6.07) is 0. The summed E-state index contributed by atoms with van der Waals surface area (Å²) in [5, 5.41) is 0. The van der Waals surface area contributed by atoms with Gasteiger partial charge in [-0.25, -0.2) is 0 Å². The monoisotopic (exact) mass is 281 g/mol. The Hall–Kier alpha value is 3.09. The quantitative estimate of drug-likeness (QED) is 0.469. The first-order valence-corrected chi connectivity index (χ1v) is 14.9. The van der Waals surface area contributed by atoms with Gasteiger partial charge in [-0.1, -0.05) is 0 Å². The summed E-state index contributed by atoms with van der Waals surface area (Å²) in [5.74, 6) is 0. The molecule has 0 aliphatic heterocycles. The summed E-state index contributed by atoms with van der Waals surface area (Å²) in [6.45, 7) is 0. The van der Waals surface area contributed by atoms with E-state index in [-0.39, 0.29) is 0 Å². The Bertz CT molecular complexity index is 163. The molecule has 0 aromatic rings. The molecule has 0 aromatic heterocycles. The van der Waals surface area contributed by atoms with Crippen LogP contribution < -0.4 is 0 Å². The van der Waals surface area contributed by atoms with E-state index in [1.54, 1.807) is 0 Å². The summed E-state index contributed by atoms with van der Waals surface area (Å²) in [4.78, 5) is 0. The number of rotatable bonds is 2. The molecule has 0 spiro atoms. The van der Waals surface area contributed by atoms with Crippen LogP contribution in [0.15, 0.2) is 0 Å². The van der Waals surface area contributed by atoms with Crippen molar-refractivity contribution in [3.8, 4) is 0 Å². The van der Waals surface area contributed by atoms with Gasteiger partial charge in [-0.3, -0.25) is 0 Å². The Morgan fingerprint density at radius 2 is 1.78 bits per heavy atom. The van der Waals surface area contributed by atoms with E-state index >= 15 is 0 Å². The fourth-order valence-corrected chi connectivity index (χ4v) is 23.0. The SMILES string of the molecule is P#[P+]P=PP=PP=PP. The van der Waals surface area contributed by atoms with Crippen LogP contribution in [0.2, 0.25) is 0 Å². The molecule has 1 unspecified atom stereocenters. The summed E-state index contributed by atoms with van der Waals surface area (Å²) < 4.78 is 0.